The molecule has 4 nitrogen and oxygen atoms in total. The highest BCUT2D eigenvalue weighted by molar-refractivity contribution is 6.07. The summed E-state index contributed by atoms with van der Waals surface area (Å²) in [5.74, 6) is -0.269. The summed E-state index contributed by atoms with van der Waals surface area (Å²) in [6, 6.07) is 15.1. The zero-order valence-corrected chi connectivity index (χ0v) is 11.6. The Morgan fingerprint density at radius 3 is 2.48 bits per heavy atom. The predicted molar refractivity (Wildman–Crippen MR) is 80.7 cm³/mol. The van der Waals surface area contributed by atoms with Crippen molar-refractivity contribution in [1.82, 2.24) is 9.55 Å². The Morgan fingerprint density at radius 1 is 1.05 bits per heavy atom. The Bertz CT molecular complexity index is 816. The lowest BCUT2D eigenvalue weighted by atomic mass is 10.1. The van der Waals surface area contributed by atoms with Crippen molar-refractivity contribution in [3.63, 3.8) is 0 Å². The van der Waals surface area contributed by atoms with Gasteiger partial charge in [-0.25, -0.2) is 4.98 Å². The van der Waals surface area contributed by atoms with E-state index in [9.17, 15) is 9.59 Å². The molecule has 3 rings (SSSR count). The number of Topliss-reactive ketones (excluding diaryl/α,β-unsaturated/α-hetero) is 2. The third kappa shape index (κ3) is 2.60. The second-order valence-corrected chi connectivity index (χ2v) is 4.95. The molecule has 4 heteroatoms. The minimum atomic E-state index is -0.149. The van der Waals surface area contributed by atoms with Gasteiger partial charge in [-0.05, 0) is 43.3 Å². The molecule has 0 saturated heterocycles. The maximum atomic E-state index is 11.8. The Kier molecular flexibility index (Phi) is 3.36. The Balaban J connectivity index is 1.94. The van der Waals surface area contributed by atoms with Gasteiger partial charge in [0, 0.05) is 11.3 Å². The molecule has 21 heavy (non-hydrogen) atoms. The second-order valence-electron chi connectivity index (χ2n) is 4.95. The molecule has 0 atom stereocenters. The molecule has 1 heterocycles. The molecule has 0 aliphatic heterocycles. The predicted octanol–water partition coefficient (Wildman–Crippen LogP) is 3.19. The smallest absolute Gasteiger partial charge is 0.170 e. The SMILES string of the molecule is CC(=O)CC(=O)c1ccc(-n2cnc3ccccc32)cc1. The molecule has 0 unspecified atom stereocenters. The van der Waals surface area contributed by atoms with E-state index in [0.717, 1.165) is 16.7 Å². The fourth-order valence-corrected chi connectivity index (χ4v) is 2.30. The molecule has 0 bridgehead atoms. The molecular formula is C17H14N2O2. The van der Waals surface area contributed by atoms with Crippen LogP contribution in [-0.4, -0.2) is 21.1 Å². The number of carbonyl (C=O) groups is 2. The number of rotatable bonds is 4. The van der Waals surface area contributed by atoms with Crippen LogP contribution in [0.2, 0.25) is 0 Å². The lowest BCUT2D eigenvalue weighted by Gasteiger charge is -2.05. The van der Waals surface area contributed by atoms with Crippen LogP contribution in [0.25, 0.3) is 16.7 Å². The van der Waals surface area contributed by atoms with Gasteiger partial charge < -0.3 is 0 Å². The Morgan fingerprint density at radius 2 is 1.76 bits per heavy atom. The summed E-state index contributed by atoms with van der Waals surface area (Å²) in [6.45, 7) is 1.42. The summed E-state index contributed by atoms with van der Waals surface area (Å²) in [4.78, 5) is 27.2. The lowest BCUT2D eigenvalue weighted by molar-refractivity contribution is -0.116. The van der Waals surface area contributed by atoms with Crippen molar-refractivity contribution in [1.29, 1.82) is 0 Å². The minimum Gasteiger partial charge on any atom is -0.300 e. The molecule has 0 spiro atoms. The molecule has 1 aromatic heterocycles. The van der Waals surface area contributed by atoms with Crippen LogP contribution in [-0.2, 0) is 4.79 Å². The Hall–Kier alpha value is -2.75. The minimum absolute atomic E-state index is 0.0483. The van der Waals surface area contributed by atoms with Gasteiger partial charge in [-0.2, -0.15) is 0 Å². The van der Waals surface area contributed by atoms with Crippen molar-refractivity contribution in [2.75, 3.05) is 0 Å². The van der Waals surface area contributed by atoms with Gasteiger partial charge >= 0.3 is 0 Å². The van der Waals surface area contributed by atoms with Crippen molar-refractivity contribution in [2.45, 2.75) is 13.3 Å². The van der Waals surface area contributed by atoms with Gasteiger partial charge in [0.25, 0.3) is 0 Å². The van der Waals surface area contributed by atoms with Gasteiger partial charge in [-0.1, -0.05) is 12.1 Å². The van der Waals surface area contributed by atoms with E-state index < -0.39 is 0 Å². The van der Waals surface area contributed by atoms with Crippen LogP contribution in [0, 0.1) is 0 Å². The quantitative estimate of drug-likeness (QED) is 0.544. The zero-order valence-electron chi connectivity index (χ0n) is 11.6. The maximum Gasteiger partial charge on any atom is 0.170 e. The number of imidazole rings is 1. The van der Waals surface area contributed by atoms with Gasteiger partial charge in [-0.3, -0.25) is 14.2 Å². The van der Waals surface area contributed by atoms with Crippen LogP contribution in [0.5, 0.6) is 0 Å². The van der Waals surface area contributed by atoms with Gasteiger partial charge in [0.05, 0.1) is 17.5 Å². The first-order chi connectivity index (χ1) is 10.1. The highest BCUT2D eigenvalue weighted by Crippen LogP contribution is 2.18. The van der Waals surface area contributed by atoms with Crippen molar-refractivity contribution < 1.29 is 9.59 Å². The van der Waals surface area contributed by atoms with E-state index in [1.165, 1.54) is 6.92 Å². The molecule has 0 amide bonds. The van der Waals surface area contributed by atoms with E-state index in [1.54, 1.807) is 18.5 Å². The number of para-hydroxylation sites is 2. The van der Waals surface area contributed by atoms with E-state index in [1.807, 2.05) is 41.0 Å². The second kappa shape index (κ2) is 5.32. The van der Waals surface area contributed by atoms with Crippen LogP contribution in [0.3, 0.4) is 0 Å². The average molecular weight is 278 g/mol. The van der Waals surface area contributed by atoms with Gasteiger partial charge in [0.1, 0.15) is 12.1 Å². The van der Waals surface area contributed by atoms with E-state index in [-0.39, 0.29) is 18.0 Å². The molecule has 0 aliphatic rings. The molecule has 0 aliphatic carbocycles. The largest absolute Gasteiger partial charge is 0.300 e. The van der Waals surface area contributed by atoms with E-state index in [4.69, 9.17) is 0 Å². The lowest BCUT2D eigenvalue weighted by Crippen LogP contribution is -2.05. The average Bonchev–Trinajstić information content (AvgIpc) is 2.90. The van der Waals surface area contributed by atoms with Crippen molar-refractivity contribution >= 4 is 22.6 Å². The highest BCUT2D eigenvalue weighted by Gasteiger charge is 2.09. The molecule has 104 valence electrons. The van der Waals surface area contributed by atoms with Crippen LogP contribution >= 0.6 is 0 Å². The molecule has 0 saturated carbocycles. The van der Waals surface area contributed by atoms with Crippen molar-refractivity contribution in [2.24, 2.45) is 0 Å². The van der Waals surface area contributed by atoms with Gasteiger partial charge in [0.2, 0.25) is 0 Å². The molecule has 0 fully saturated rings. The first-order valence-corrected chi connectivity index (χ1v) is 6.70. The normalized spacial score (nSPS) is 10.7. The Labute approximate surface area is 122 Å². The first-order valence-electron chi connectivity index (χ1n) is 6.70. The summed E-state index contributed by atoms with van der Waals surface area (Å²) in [6.07, 6.45) is 1.71. The first kappa shape index (κ1) is 13.2. The monoisotopic (exact) mass is 278 g/mol. The van der Waals surface area contributed by atoms with E-state index in [2.05, 4.69) is 4.98 Å². The third-order valence-corrected chi connectivity index (χ3v) is 3.33. The number of fused-ring (bicyclic) bond motifs is 1. The fraction of sp³-hybridized carbons (Fsp3) is 0.118. The summed E-state index contributed by atoms with van der Waals surface area (Å²) in [7, 11) is 0. The molecular weight excluding hydrogens is 264 g/mol. The number of carbonyl (C=O) groups excluding carboxylic acids is 2. The molecule has 3 aromatic rings. The van der Waals surface area contributed by atoms with E-state index >= 15 is 0 Å². The zero-order chi connectivity index (χ0) is 14.8. The fourth-order valence-electron chi connectivity index (χ4n) is 2.30. The third-order valence-electron chi connectivity index (χ3n) is 3.33. The van der Waals surface area contributed by atoms with E-state index in [0.29, 0.717) is 5.56 Å². The summed E-state index contributed by atoms with van der Waals surface area (Å²) < 4.78 is 1.97. The topological polar surface area (TPSA) is 52.0 Å². The molecule has 2 aromatic carbocycles. The van der Waals surface area contributed by atoms with Crippen molar-refractivity contribution in [3.05, 3.63) is 60.4 Å². The molecule has 0 radical (unpaired) electrons. The number of hydrogen-bond donors (Lipinski definition) is 0. The van der Waals surface area contributed by atoms with Crippen molar-refractivity contribution in [3.8, 4) is 5.69 Å². The standard InChI is InChI=1S/C17H14N2O2/c1-12(20)10-17(21)13-6-8-14(9-7-13)19-11-18-15-4-2-3-5-16(15)19/h2-9,11H,10H2,1H3. The summed E-state index contributed by atoms with van der Waals surface area (Å²) in [5.41, 5.74) is 3.43. The number of benzene rings is 2. The number of ketones is 2. The van der Waals surface area contributed by atoms with Gasteiger partial charge in [-0.15, -0.1) is 0 Å². The number of aromatic nitrogens is 2. The van der Waals surface area contributed by atoms with Gasteiger partial charge in [0.15, 0.2) is 5.78 Å². The van der Waals surface area contributed by atoms with Crippen LogP contribution in [0.4, 0.5) is 0 Å². The number of nitrogens with zero attached hydrogens (tertiary/aromatic N) is 2. The van der Waals surface area contributed by atoms with Crippen LogP contribution < -0.4 is 0 Å². The summed E-state index contributed by atoms with van der Waals surface area (Å²) in [5, 5.41) is 0. The summed E-state index contributed by atoms with van der Waals surface area (Å²) >= 11 is 0. The highest BCUT2D eigenvalue weighted by atomic mass is 16.1. The maximum absolute atomic E-state index is 11.8. The van der Waals surface area contributed by atoms with Crippen LogP contribution in [0.1, 0.15) is 23.7 Å². The van der Waals surface area contributed by atoms with Crippen LogP contribution in [0.15, 0.2) is 54.9 Å². The number of hydrogen-bond acceptors (Lipinski definition) is 3. The molecule has 0 N–H and O–H groups in total.